The number of nitrogens with one attached hydrogen (secondary N) is 1. The van der Waals surface area contributed by atoms with Gasteiger partial charge in [-0.25, -0.2) is 0 Å². The minimum absolute atomic E-state index is 0.174. The summed E-state index contributed by atoms with van der Waals surface area (Å²) < 4.78 is 7.05. The number of nitrogens with zero attached hydrogens (tertiary/aromatic N) is 3. The van der Waals surface area contributed by atoms with Crippen molar-refractivity contribution in [2.75, 3.05) is 18.2 Å². The first-order chi connectivity index (χ1) is 14.0. The predicted molar refractivity (Wildman–Crippen MR) is 118 cm³/mol. The van der Waals surface area contributed by atoms with E-state index in [2.05, 4.69) is 15.5 Å². The normalized spacial score (nSPS) is 11.2. The Morgan fingerprint density at radius 3 is 2.76 bits per heavy atom. The number of fused-ring (bicyclic) bond motifs is 3. The van der Waals surface area contributed by atoms with Gasteiger partial charge >= 0.3 is 0 Å². The van der Waals surface area contributed by atoms with E-state index in [1.807, 2.05) is 35.6 Å². The molecule has 0 radical (unpaired) electrons. The van der Waals surface area contributed by atoms with Gasteiger partial charge in [-0.05, 0) is 55.0 Å². The molecule has 0 aliphatic heterocycles. The molecule has 0 fully saturated rings. The van der Waals surface area contributed by atoms with Crippen LogP contribution >= 0.6 is 35.0 Å². The van der Waals surface area contributed by atoms with Gasteiger partial charge in [-0.1, -0.05) is 35.0 Å². The van der Waals surface area contributed by atoms with E-state index in [1.54, 1.807) is 18.2 Å². The minimum atomic E-state index is -0.174. The van der Waals surface area contributed by atoms with E-state index >= 15 is 0 Å². The molecule has 0 unspecified atom stereocenters. The Hall–Kier alpha value is -2.48. The molecule has 0 spiro atoms. The molecule has 4 aromatic rings. The van der Waals surface area contributed by atoms with Crippen LogP contribution in [0.15, 0.2) is 47.6 Å². The van der Waals surface area contributed by atoms with Gasteiger partial charge in [-0.15, -0.1) is 10.2 Å². The second-order valence-corrected chi connectivity index (χ2v) is 8.14. The molecular weight excluding hydrogens is 431 g/mol. The van der Waals surface area contributed by atoms with E-state index < -0.39 is 0 Å². The van der Waals surface area contributed by atoms with Crippen LogP contribution in [0.25, 0.3) is 16.6 Å². The maximum Gasteiger partial charge on any atom is 0.234 e. The number of anilines is 1. The predicted octanol–water partition coefficient (Wildman–Crippen LogP) is 5.24. The van der Waals surface area contributed by atoms with Crippen LogP contribution in [0.5, 0.6) is 5.75 Å². The van der Waals surface area contributed by atoms with Crippen LogP contribution in [0, 0.1) is 6.92 Å². The quantitative estimate of drug-likeness (QED) is 0.424. The van der Waals surface area contributed by atoms with Crippen LogP contribution in [-0.2, 0) is 4.79 Å². The lowest BCUT2D eigenvalue weighted by atomic mass is 10.1. The van der Waals surface area contributed by atoms with Crippen molar-refractivity contribution < 1.29 is 9.53 Å². The molecule has 4 rings (SSSR count). The number of thioether (sulfide) groups is 1. The minimum Gasteiger partial charge on any atom is -0.495 e. The molecule has 9 heteroatoms. The molecule has 6 nitrogen and oxygen atoms in total. The van der Waals surface area contributed by atoms with Crippen molar-refractivity contribution in [3.05, 3.63) is 58.1 Å². The molecular formula is C20H16Cl2N4O2S. The standard InChI is InChI=1S/C20H16Cl2N4O2S/c1-11-7-18-24-25-20(26(18)16-5-3-12(21)8-14(11)16)29-10-19(27)23-13-4-6-17(28-2)15(22)9-13/h3-9H,10H2,1-2H3,(H,23,27). The van der Waals surface area contributed by atoms with E-state index in [0.717, 1.165) is 22.1 Å². The van der Waals surface area contributed by atoms with Gasteiger partial charge in [0.1, 0.15) is 5.75 Å². The van der Waals surface area contributed by atoms with E-state index in [1.165, 1.54) is 18.9 Å². The summed E-state index contributed by atoms with van der Waals surface area (Å²) in [4.78, 5) is 12.4. The number of pyridine rings is 1. The molecule has 1 N–H and O–H groups in total. The lowest BCUT2D eigenvalue weighted by Gasteiger charge is -2.09. The summed E-state index contributed by atoms with van der Waals surface area (Å²) in [5, 5.41) is 14.1. The Bertz CT molecular complexity index is 1240. The number of ether oxygens (including phenoxy) is 1. The number of aromatic nitrogens is 3. The van der Waals surface area contributed by atoms with Gasteiger partial charge in [0.2, 0.25) is 5.91 Å². The second-order valence-electron chi connectivity index (χ2n) is 6.35. The van der Waals surface area contributed by atoms with E-state index in [-0.39, 0.29) is 11.7 Å². The SMILES string of the molecule is COc1ccc(NC(=O)CSc2nnc3cc(C)c4cc(Cl)ccc4n23)cc1Cl. The molecule has 0 bridgehead atoms. The summed E-state index contributed by atoms with van der Waals surface area (Å²) in [6.45, 7) is 2.01. The van der Waals surface area contributed by atoms with Gasteiger partial charge in [-0.3, -0.25) is 9.20 Å². The van der Waals surface area contributed by atoms with E-state index in [4.69, 9.17) is 27.9 Å². The third-order valence-electron chi connectivity index (χ3n) is 4.40. The summed E-state index contributed by atoms with van der Waals surface area (Å²) in [6.07, 6.45) is 0. The van der Waals surface area contributed by atoms with Crippen LogP contribution in [0.4, 0.5) is 5.69 Å². The topological polar surface area (TPSA) is 68.5 Å². The summed E-state index contributed by atoms with van der Waals surface area (Å²) in [5.41, 5.74) is 3.33. The molecule has 0 saturated heterocycles. The fourth-order valence-corrected chi connectivity index (χ4v) is 4.24. The third kappa shape index (κ3) is 3.99. The van der Waals surface area contributed by atoms with Crippen molar-refractivity contribution in [2.45, 2.75) is 12.1 Å². The number of carbonyl (C=O) groups is 1. The number of methoxy groups -OCH3 is 1. The highest BCUT2D eigenvalue weighted by Crippen LogP contribution is 2.29. The fraction of sp³-hybridized carbons (Fsp3) is 0.150. The Morgan fingerprint density at radius 1 is 1.17 bits per heavy atom. The highest BCUT2D eigenvalue weighted by atomic mass is 35.5. The first-order valence-corrected chi connectivity index (χ1v) is 10.4. The van der Waals surface area contributed by atoms with Crippen molar-refractivity contribution in [2.24, 2.45) is 0 Å². The first-order valence-electron chi connectivity index (χ1n) is 8.66. The van der Waals surface area contributed by atoms with Crippen molar-refractivity contribution >= 4 is 63.1 Å². The van der Waals surface area contributed by atoms with Crippen molar-refractivity contribution in [1.29, 1.82) is 0 Å². The third-order valence-corrected chi connectivity index (χ3v) is 5.86. The monoisotopic (exact) mass is 446 g/mol. The van der Waals surface area contributed by atoms with E-state index in [9.17, 15) is 4.79 Å². The lowest BCUT2D eigenvalue weighted by molar-refractivity contribution is -0.113. The lowest BCUT2D eigenvalue weighted by Crippen LogP contribution is -2.14. The zero-order valence-corrected chi connectivity index (χ0v) is 17.9. The van der Waals surface area contributed by atoms with Crippen LogP contribution in [0.3, 0.4) is 0 Å². The van der Waals surface area contributed by atoms with Crippen molar-refractivity contribution in [1.82, 2.24) is 14.6 Å². The van der Waals surface area contributed by atoms with E-state index in [0.29, 0.717) is 26.6 Å². The van der Waals surface area contributed by atoms with Crippen LogP contribution in [0.2, 0.25) is 10.0 Å². The number of carbonyl (C=O) groups excluding carboxylic acids is 1. The highest BCUT2D eigenvalue weighted by Gasteiger charge is 2.14. The molecule has 148 valence electrons. The molecule has 29 heavy (non-hydrogen) atoms. The van der Waals surface area contributed by atoms with Gasteiger partial charge in [0.25, 0.3) is 0 Å². The summed E-state index contributed by atoms with van der Waals surface area (Å²) in [5.74, 6) is 0.552. The Kier molecular flexibility index (Phi) is 5.54. The summed E-state index contributed by atoms with van der Waals surface area (Å²) >= 11 is 13.6. The number of aryl methyl sites for hydroxylation is 1. The first kappa shape index (κ1) is 19.8. The number of hydrogen-bond acceptors (Lipinski definition) is 5. The molecule has 0 saturated carbocycles. The van der Waals surface area contributed by atoms with Gasteiger partial charge in [0, 0.05) is 16.1 Å². The fourth-order valence-electron chi connectivity index (χ4n) is 3.06. The zero-order chi connectivity index (χ0) is 20.5. The largest absolute Gasteiger partial charge is 0.495 e. The van der Waals surface area contributed by atoms with Gasteiger partial charge < -0.3 is 10.1 Å². The number of hydrogen-bond donors (Lipinski definition) is 1. The van der Waals surface area contributed by atoms with Gasteiger partial charge in [0.05, 0.1) is 23.4 Å². The molecule has 2 aromatic carbocycles. The number of halogens is 2. The van der Waals surface area contributed by atoms with Gasteiger partial charge in [-0.2, -0.15) is 0 Å². The Labute approximate surface area is 181 Å². The highest BCUT2D eigenvalue weighted by molar-refractivity contribution is 7.99. The average molecular weight is 447 g/mol. The number of rotatable bonds is 5. The zero-order valence-electron chi connectivity index (χ0n) is 15.6. The average Bonchev–Trinajstić information content (AvgIpc) is 3.09. The number of amides is 1. The van der Waals surface area contributed by atoms with Crippen LogP contribution in [0.1, 0.15) is 5.56 Å². The Morgan fingerprint density at radius 2 is 2.00 bits per heavy atom. The second kappa shape index (κ2) is 8.10. The summed E-state index contributed by atoms with van der Waals surface area (Å²) in [6, 6.07) is 12.7. The molecule has 0 aliphatic rings. The summed E-state index contributed by atoms with van der Waals surface area (Å²) in [7, 11) is 1.54. The maximum atomic E-state index is 12.4. The smallest absolute Gasteiger partial charge is 0.234 e. The van der Waals surface area contributed by atoms with Crippen LogP contribution in [-0.4, -0.2) is 33.4 Å². The molecule has 2 heterocycles. The van der Waals surface area contributed by atoms with Crippen LogP contribution < -0.4 is 10.1 Å². The molecule has 0 aliphatic carbocycles. The number of benzene rings is 2. The van der Waals surface area contributed by atoms with Crippen molar-refractivity contribution in [3.63, 3.8) is 0 Å². The molecule has 0 atom stereocenters. The van der Waals surface area contributed by atoms with Gasteiger partial charge in [0.15, 0.2) is 10.8 Å². The Balaban J connectivity index is 1.55. The van der Waals surface area contributed by atoms with Crippen molar-refractivity contribution in [3.8, 4) is 5.75 Å². The maximum absolute atomic E-state index is 12.4. The molecule has 1 amide bonds. The molecule has 2 aromatic heterocycles.